The van der Waals surface area contributed by atoms with E-state index in [1.165, 1.54) is 0 Å². The maximum atomic E-state index is 11.9. The van der Waals surface area contributed by atoms with E-state index in [4.69, 9.17) is 5.11 Å². The number of aromatic nitrogens is 2. The van der Waals surface area contributed by atoms with Crippen molar-refractivity contribution in [3.05, 3.63) is 18.2 Å². The number of hydrogen-bond donors (Lipinski definition) is 3. The SMILES string of the molecule is O=C(O)[C@@H]1CCCN(C(=O)NCCCc2ncc[nH]2)C1. The van der Waals surface area contributed by atoms with Crippen molar-refractivity contribution in [3.63, 3.8) is 0 Å². The van der Waals surface area contributed by atoms with Crippen LogP contribution in [0.15, 0.2) is 12.4 Å². The van der Waals surface area contributed by atoms with Crippen molar-refractivity contribution in [2.75, 3.05) is 19.6 Å². The van der Waals surface area contributed by atoms with Gasteiger partial charge in [0.2, 0.25) is 0 Å². The summed E-state index contributed by atoms with van der Waals surface area (Å²) in [7, 11) is 0. The van der Waals surface area contributed by atoms with Crippen molar-refractivity contribution < 1.29 is 14.7 Å². The summed E-state index contributed by atoms with van der Waals surface area (Å²) in [6, 6.07) is -0.171. The smallest absolute Gasteiger partial charge is 0.317 e. The van der Waals surface area contributed by atoms with Crippen LogP contribution in [0.1, 0.15) is 25.1 Å². The van der Waals surface area contributed by atoms with Gasteiger partial charge in [0.15, 0.2) is 0 Å². The Morgan fingerprint density at radius 1 is 1.55 bits per heavy atom. The fourth-order valence-electron chi connectivity index (χ4n) is 2.36. The van der Waals surface area contributed by atoms with E-state index >= 15 is 0 Å². The molecule has 7 nitrogen and oxygen atoms in total. The Morgan fingerprint density at radius 2 is 2.40 bits per heavy atom. The number of hydrogen-bond acceptors (Lipinski definition) is 3. The Morgan fingerprint density at radius 3 is 3.10 bits per heavy atom. The maximum absolute atomic E-state index is 11.9. The molecule has 2 heterocycles. The molecule has 2 amide bonds. The second-order valence-corrected chi connectivity index (χ2v) is 4.99. The average Bonchev–Trinajstić information content (AvgIpc) is 2.96. The van der Waals surface area contributed by atoms with Gasteiger partial charge < -0.3 is 20.3 Å². The number of carbonyl (C=O) groups excluding carboxylic acids is 1. The molecule has 0 aromatic carbocycles. The number of carbonyl (C=O) groups is 2. The molecule has 1 fully saturated rings. The van der Waals surface area contributed by atoms with Crippen molar-refractivity contribution in [2.45, 2.75) is 25.7 Å². The van der Waals surface area contributed by atoms with Gasteiger partial charge in [-0.1, -0.05) is 0 Å². The number of carboxylic acid groups (broad SMARTS) is 1. The van der Waals surface area contributed by atoms with E-state index in [2.05, 4.69) is 15.3 Å². The summed E-state index contributed by atoms with van der Waals surface area (Å²) < 4.78 is 0. The van der Waals surface area contributed by atoms with Crippen molar-refractivity contribution in [1.82, 2.24) is 20.2 Å². The number of aliphatic carboxylic acids is 1. The quantitative estimate of drug-likeness (QED) is 0.696. The van der Waals surface area contributed by atoms with E-state index in [-0.39, 0.29) is 6.03 Å². The summed E-state index contributed by atoms with van der Waals surface area (Å²) in [5.74, 6) is -0.346. The first kappa shape index (κ1) is 14.4. The monoisotopic (exact) mass is 280 g/mol. The minimum atomic E-state index is -0.819. The Hall–Kier alpha value is -2.05. The predicted molar refractivity (Wildman–Crippen MR) is 72.2 cm³/mol. The Kier molecular flexibility index (Phi) is 4.97. The number of rotatable bonds is 5. The fraction of sp³-hybridized carbons (Fsp3) is 0.615. The van der Waals surface area contributed by atoms with Gasteiger partial charge in [-0.15, -0.1) is 0 Å². The van der Waals surface area contributed by atoms with Gasteiger partial charge in [0.25, 0.3) is 0 Å². The normalized spacial score (nSPS) is 18.8. The van der Waals surface area contributed by atoms with Crippen LogP contribution >= 0.6 is 0 Å². The standard InChI is InChI=1S/C13H20N4O3/c18-12(19)10-3-2-8-17(9-10)13(20)16-5-1-4-11-14-6-7-15-11/h6-7,10H,1-5,8-9H2,(H,14,15)(H,16,20)(H,18,19)/t10-/m1/s1. The molecule has 110 valence electrons. The van der Waals surface area contributed by atoms with Crippen LogP contribution in [0.3, 0.4) is 0 Å². The first-order valence-electron chi connectivity index (χ1n) is 6.90. The molecule has 0 bridgehead atoms. The van der Waals surface area contributed by atoms with Crippen molar-refractivity contribution >= 4 is 12.0 Å². The van der Waals surface area contributed by atoms with E-state index in [0.717, 1.165) is 25.1 Å². The molecule has 0 spiro atoms. The molecule has 1 atom stereocenters. The summed E-state index contributed by atoms with van der Waals surface area (Å²) >= 11 is 0. The van der Waals surface area contributed by atoms with Crippen LogP contribution in [0.25, 0.3) is 0 Å². The third kappa shape index (κ3) is 3.97. The van der Waals surface area contributed by atoms with Crippen LogP contribution < -0.4 is 5.32 Å². The van der Waals surface area contributed by atoms with Gasteiger partial charge >= 0.3 is 12.0 Å². The lowest BCUT2D eigenvalue weighted by atomic mass is 9.99. The van der Waals surface area contributed by atoms with Crippen LogP contribution in [0.2, 0.25) is 0 Å². The van der Waals surface area contributed by atoms with Gasteiger partial charge in [0.1, 0.15) is 5.82 Å². The predicted octanol–water partition coefficient (Wildman–Crippen LogP) is 0.848. The van der Waals surface area contributed by atoms with Crippen LogP contribution in [-0.2, 0) is 11.2 Å². The molecule has 20 heavy (non-hydrogen) atoms. The molecule has 0 radical (unpaired) electrons. The highest BCUT2D eigenvalue weighted by molar-refractivity contribution is 5.76. The third-order valence-electron chi connectivity index (χ3n) is 3.48. The fourth-order valence-corrected chi connectivity index (χ4v) is 2.36. The van der Waals surface area contributed by atoms with Gasteiger partial charge in [-0.3, -0.25) is 4.79 Å². The Labute approximate surface area is 117 Å². The van der Waals surface area contributed by atoms with Gasteiger partial charge in [0.05, 0.1) is 5.92 Å². The number of imidazole rings is 1. The summed E-state index contributed by atoms with van der Waals surface area (Å²) in [6.07, 6.45) is 6.45. The summed E-state index contributed by atoms with van der Waals surface area (Å²) in [5, 5.41) is 11.8. The van der Waals surface area contributed by atoms with E-state index in [1.807, 2.05) is 0 Å². The van der Waals surface area contributed by atoms with Gasteiger partial charge in [-0.25, -0.2) is 9.78 Å². The number of carboxylic acids is 1. The van der Waals surface area contributed by atoms with E-state index in [9.17, 15) is 9.59 Å². The molecule has 7 heteroatoms. The number of nitrogens with one attached hydrogen (secondary N) is 2. The zero-order valence-corrected chi connectivity index (χ0v) is 11.3. The molecule has 0 aliphatic carbocycles. The van der Waals surface area contributed by atoms with Crippen molar-refractivity contribution in [2.24, 2.45) is 5.92 Å². The van der Waals surface area contributed by atoms with Crippen LogP contribution in [0, 0.1) is 5.92 Å². The average molecular weight is 280 g/mol. The molecule has 0 unspecified atom stereocenters. The highest BCUT2D eigenvalue weighted by Gasteiger charge is 2.27. The highest BCUT2D eigenvalue weighted by Crippen LogP contribution is 2.16. The first-order chi connectivity index (χ1) is 9.66. The molecular formula is C13H20N4O3. The first-order valence-corrected chi connectivity index (χ1v) is 6.90. The lowest BCUT2D eigenvalue weighted by Crippen LogP contribution is -2.47. The molecule has 1 aromatic rings. The number of H-pyrrole nitrogens is 1. The van der Waals surface area contributed by atoms with Crippen LogP contribution in [-0.4, -0.2) is 51.6 Å². The number of aromatic amines is 1. The number of likely N-dealkylation sites (tertiary alicyclic amines) is 1. The minimum absolute atomic E-state index is 0.171. The second kappa shape index (κ2) is 6.93. The second-order valence-electron chi connectivity index (χ2n) is 4.99. The molecule has 1 aromatic heterocycles. The zero-order chi connectivity index (χ0) is 14.4. The van der Waals surface area contributed by atoms with Crippen molar-refractivity contribution in [1.29, 1.82) is 0 Å². The molecular weight excluding hydrogens is 260 g/mol. The lowest BCUT2D eigenvalue weighted by molar-refractivity contribution is -0.143. The molecule has 1 aliphatic heterocycles. The Bertz CT molecular complexity index is 446. The zero-order valence-electron chi connectivity index (χ0n) is 11.3. The maximum Gasteiger partial charge on any atom is 0.317 e. The topological polar surface area (TPSA) is 98.3 Å². The minimum Gasteiger partial charge on any atom is -0.481 e. The highest BCUT2D eigenvalue weighted by atomic mass is 16.4. The summed E-state index contributed by atoms with van der Waals surface area (Å²) in [6.45, 7) is 1.50. The lowest BCUT2D eigenvalue weighted by Gasteiger charge is -2.30. The molecule has 2 rings (SSSR count). The van der Waals surface area contributed by atoms with Gasteiger partial charge in [0, 0.05) is 38.4 Å². The number of aryl methyl sites for hydroxylation is 1. The molecule has 3 N–H and O–H groups in total. The summed E-state index contributed by atoms with van der Waals surface area (Å²) in [4.78, 5) is 31.6. The number of piperidine rings is 1. The number of amides is 2. The summed E-state index contributed by atoms with van der Waals surface area (Å²) in [5.41, 5.74) is 0. The van der Waals surface area contributed by atoms with E-state index in [1.54, 1.807) is 17.3 Å². The van der Waals surface area contributed by atoms with Gasteiger partial charge in [-0.2, -0.15) is 0 Å². The number of nitrogens with zero attached hydrogens (tertiary/aromatic N) is 2. The Balaban J connectivity index is 1.67. The van der Waals surface area contributed by atoms with E-state index < -0.39 is 11.9 Å². The van der Waals surface area contributed by atoms with Crippen molar-refractivity contribution in [3.8, 4) is 0 Å². The number of urea groups is 1. The van der Waals surface area contributed by atoms with E-state index in [0.29, 0.717) is 26.1 Å². The largest absolute Gasteiger partial charge is 0.481 e. The molecule has 0 saturated carbocycles. The van der Waals surface area contributed by atoms with Crippen LogP contribution in [0.5, 0.6) is 0 Å². The molecule has 1 saturated heterocycles. The van der Waals surface area contributed by atoms with Crippen LogP contribution in [0.4, 0.5) is 4.79 Å². The van der Waals surface area contributed by atoms with Gasteiger partial charge in [-0.05, 0) is 19.3 Å². The third-order valence-corrected chi connectivity index (χ3v) is 3.48. The molecule has 1 aliphatic rings.